The van der Waals surface area contributed by atoms with Gasteiger partial charge in [-0.1, -0.05) is 26.2 Å². The molecule has 20 heavy (non-hydrogen) atoms. The first-order valence-corrected chi connectivity index (χ1v) is 7.51. The molecule has 0 amide bonds. The zero-order valence-electron chi connectivity index (χ0n) is 12.1. The van der Waals surface area contributed by atoms with Gasteiger partial charge in [0, 0.05) is 17.4 Å². The Hall–Kier alpha value is -1.71. The van der Waals surface area contributed by atoms with E-state index < -0.39 is 5.97 Å². The number of benzene rings is 1. The van der Waals surface area contributed by atoms with Gasteiger partial charge in [-0.25, -0.2) is 4.79 Å². The molecule has 0 heterocycles. The number of carbonyl (C=O) groups is 1. The Labute approximate surface area is 120 Å². The summed E-state index contributed by atoms with van der Waals surface area (Å²) in [5.74, 6) is -0.281. The van der Waals surface area contributed by atoms with Crippen molar-refractivity contribution in [2.45, 2.75) is 51.5 Å². The maximum Gasteiger partial charge on any atom is 0.337 e. The van der Waals surface area contributed by atoms with E-state index in [2.05, 4.69) is 12.2 Å². The van der Waals surface area contributed by atoms with Gasteiger partial charge in [0.05, 0.1) is 5.56 Å². The second-order valence-corrected chi connectivity index (χ2v) is 5.66. The smallest absolute Gasteiger partial charge is 0.337 e. The Kier molecular flexibility index (Phi) is 4.88. The molecule has 0 spiro atoms. The lowest BCUT2D eigenvalue weighted by molar-refractivity contribution is 0.0698. The van der Waals surface area contributed by atoms with Crippen LogP contribution in [0.15, 0.2) is 18.2 Å². The van der Waals surface area contributed by atoms with Gasteiger partial charge in [0.1, 0.15) is 0 Å². The molecule has 1 fully saturated rings. The van der Waals surface area contributed by atoms with E-state index in [-0.39, 0.29) is 5.56 Å². The molecule has 0 aromatic heterocycles. The van der Waals surface area contributed by atoms with Crippen LogP contribution in [-0.2, 0) is 0 Å². The third kappa shape index (κ3) is 3.44. The molecule has 2 rings (SSSR count). The third-order valence-corrected chi connectivity index (χ3v) is 4.29. The molecular formula is C16H24N2O2. The number of nitrogens with two attached hydrogens (primary N) is 1. The summed E-state index contributed by atoms with van der Waals surface area (Å²) in [5.41, 5.74) is 7.03. The highest BCUT2D eigenvalue weighted by Crippen LogP contribution is 2.30. The zero-order chi connectivity index (χ0) is 14.5. The van der Waals surface area contributed by atoms with Crippen LogP contribution in [0.4, 0.5) is 11.4 Å². The first kappa shape index (κ1) is 14.7. The largest absolute Gasteiger partial charge is 0.478 e. The molecule has 110 valence electrons. The second kappa shape index (κ2) is 6.64. The molecule has 0 bridgehead atoms. The predicted molar refractivity (Wildman–Crippen MR) is 82.1 cm³/mol. The van der Waals surface area contributed by atoms with Crippen molar-refractivity contribution in [2.75, 3.05) is 11.1 Å². The summed E-state index contributed by atoms with van der Waals surface area (Å²) in [7, 11) is 0. The standard InChI is InChI=1S/C16H24N2O2/c1-2-15(11-6-4-3-5-7-11)18-12-8-9-14(17)13(10-12)16(19)20/h8-11,15,18H,2-7,17H2,1H3,(H,19,20). The van der Waals surface area contributed by atoms with Crippen molar-refractivity contribution in [3.05, 3.63) is 23.8 Å². The van der Waals surface area contributed by atoms with E-state index in [4.69, 9.17) is 10.8 Å². The Balaban J connectivity index is 2.10. The summed E-state index contributed by atoms with van der Waals surface area (Å²) in [6.45, 7) is 2.18. The summed E-state index contributed by atoms with van der Waals surface area (Å²) in [5, 5.41) is 12.6. The van der Waals surface area contributed by atoms with Crippen LogP contribution in [0.3, 0.4) is 0 Å². The molecule has 4 N–H and O–H groups in total. The Morgan fingerprint density at radius 1 is 1.40 bits per heavy atom. The van der Waals surface area contributed by atoms with Crippen molar-refractivity contribution in [3.63, 3.8) is 0 Å². The second-order valence-electron chi connectivity index (χ2n) is 5.66. The van der Waals surface area contributed by atoms with Gasteiger partial charge >= 0.3 is 5.97 Å². The van der Waals surface area contributed by atoms with E-state index in [0.717, 1.165) is 12.1 Å². The fraction of sp³-hybridized carbons (Fsp3) is 0.562. The maximum atomic E-state index is 11.1. The Morgan fingerprint density at radius 3 is 2.70 bits per heavy atom. The van der Waals surface area contributed by atoms with Gasteiger partial charge in [0.25, 0.3) is 0 Å². The predicted octanol–water partition coefficient (Wildman–Crippen LogP) is 3.74. The normalized spacial score (nSPS) is 17.6. The highest BCUT2D eigenvalue weighted by Gasteiger charge is 2.22. The molecular weight excluding hydrogens is 252 g/mol. The van der Waals surface area contributed by atoms with E-state index >= 15 is 0 Å². The highest BCUT2D eigenvalue weighted by atomic mass is 16.4. The summed E-state index contributed by atoms with van der Waals surface area (Å²) in [6, 6.07) is 5.59. The van der Waals surface area contributed by atoms with Crippen LogP contribution in [0.1, 0.15) is 55.8 Å². The maximum absolute atomic E-state index is 11.1. The average molecular weight is 276 g/mol. The quantitative estimate of drug-likeness (QED) is 0.716. The third-order valence-electron chi connectivity index (χ3n) is 4.29. The van der Waals surface area contributed by atoms with Crippen molar-refractivity contribution in [3.8, 4) is 0 Å². The minimum atomic E-state index is -0.975. The van der Waals surface area contributed by atoms with Crippen molar-refractivity contribution >= 4 is 17.3 Å². The molecule has 1 unspecified atom stereocenters. The van der Waals surface area contributed by atoms with Gasteiger partial charge in [-0.15, -0.1) is 0 Å². The molecule has 1 aromatic rings. The van der Waals surface area contributed by atoms with E-state index in [9.17, 15) is 4.79 Å². The molecule has 1 saturated carbocycles. The molecule has 4 nitrogen and oxygen atoms in total. The SMILES string of the molecule is CCC(Nc1ccc(N)c(C(=O)O)c1)C1CCCCC1. The van der Waals surface area contributed by atoms with E-state index in [1.165, 1.54) is 32.1 Å². The molecule has 0 radical (unpaired) electrons. The number of aromatic carboxylic acids is 1. The summed E-state index contributed by atoms with van der Waals surface area (Å²) in [4.78, 5) is 11.1. The number of anilines is 2. The topological polar surface area (TPSA) is 75.3 Å². The number of rotatable bonds is 5. The van der Waals surface area contributed by atoms with Gasteiger partial charge in [0.15, 0.2) is 0 Å². The van der Waals surface area contributed by atoms with Gasteiger partial charge in [0.2, 0.25) is 0 Å². The molecule has 1 aromatic carbocycles. The van der Waals surface area contributed by atoms with E-state index in [1.54, 1.807) is 12.1 Å². The number of hydrogen-bond acceptors (Lipinski definition) is 3. The number of carboxylic acid groups (broad SMARTS) is 1. The van der Waals surface area contributed by atoms with E-state index in [1.807, 2.05) is 6.07 Å². The fourth-order valence-electron chi connectivity index (χ4n) is 3.14. The highest BCUT2D eigenvalue weighted by molar-refractivity contribution is 5.94. The van der Waals surface area contributed by atoms with Crippen LogP contribution in [0.2, 0.25) is 0 Å². The van der Waals surface area contributed by atoms with Gasteiger partial charge in [-0.3, -0.25) is 0 Å². The molecule has 1 aliphatic carbocycles. The van der Waals surface area contributed by atoms with Gasteiger partial charge in [-0.05, 0) is 43.4 Å². The van der Waals surface area contributed by atoms with Crippen LogP contribution >= 0.6 is 0 Å². The van der Waals surface area contributed by atoms with Crippen molar-refractivity contribution in [1.82, 2.24) is 0 Å². The minimum Gasteiger partial charge on any atom is -0.478 e. The van der Waals surface area contributed by atoms with Crippen molar-refractivity contribution < 1.29 is 9.90 Å². The summed E-state index contributed by atoms with van der Waals surface area (Å²) in [6.07, 6.45) is 7.56. The Bertz CT molecular complexity index is 468. The lowest BCUT2D eigenvalue weighted by Crippen LogP contribution is -2.30. The monoisotopic (exact) mass is 276 g/mol. The molecule has 1 aliphatic rings. The first-order chi connectivity index (χ1) is 9.61. The van der Waals surface area contributed by atoms with Crippen LogP contribution in [-0.4, -0.2) is 17.1 Å². The lowest BCUT2D eigenvalue weighted by Gasteiger charge is -2.31. The molecule has 0 aliphatic heterocycles. The number of nitrogen functional groups attached to an aromatic ring is 1. The zero-order valence-corrected chi connectivity index (χ0v) is 12.1. The van der Waals surface area contributed by atoms with Crippen LogP contribution < -0.4 is 11.1 Å². The Morgan fingerprint density at radius 2 is 2.10 bits per heavy atom. The summed E-state index contributed by atoms with van der Waals surface area (Å²) < 4.78 is 0. The van der Waals surface area contributed by atoms with E-state index in [0.29, 0.717) is 17.6 Å². The number of nitrogens with one attached hydrogen (secondary N) is 1. The molecule has 4 heteroatoms. The van der Waals surface area contributed by atoms with Crippen molar-refractivity contribution in [1.29, 1.82) is 0 Å². The van der Waals surface area contributed by atoms with Gasteiger partial charge < -0.3 is 16.2 Å². The fourth-order valence-corrected chi connectivity index (χ4v) is 3.14. The first-order valence-electron chi connectivity index (χ1n) is 7.51. The van der Waals surface area contributed by atoms with Crippen LogP contribution in [0.5, 0.6) is 0 Å². The van der Waals surface area contributed by atoms with Crippen LogP contribution in [0, 0.1) is 5.92 Å². The molecule has 0 saturated heterocycles. The van der Waals surface area contributed by atoms with Crippen molar-refractivity contribution in [2.24, 2.45) is 5.92 Å². The van der Waals surface area contributed by atoms with Gasteiger partial charge in [-0.2, -0.15) is 0 Å². The molecule has 1 atom stereocenters. The lowest BCUT2D eigenvalue weighted by atomic mass is 9.83. The number of carboxylic acids is 1. The average Bonchev–Trinajstić information content (AvgIpc) is 2.47. The minimum absolute atomic E-state index is 0.175. The van der Waals surface area contributed by atoms with Crippen LogP contribution in [0.25, 0.3) is 0 Å². The number of hydrogen-bond donors (Lipinski definition) is 3. The summed E-state index contributed by atoms with van der Waals surface area (Å²) >= 11 is 0.